The molecule has 0 saturated heterocycles. The molecule has 5 aromatic rings. The van der Waals surface area contributed by atoms with E-state index in [2.05, 4.69) is 41.4 Å². The lowest BCUT2D eigenvalue weighted by atomic mass is 9.95. The van der Waals surface area contributed by atoms with Gasteiger partial charge in [0.2, 0.25) is 0 Å². The number of hydrogen-bond donors (Lipinski definition) is 0. The molecule has 0 amide bonds. The Morgan fingerprint density at radius 1 is 0.918 bits per heavy atom. The molecule has 0 fully saturated rings. The second-order valence-corrected chi connectivity index (χ2v) is 13.3. The molecule has 2 atom stereocenters. The zero-order chi connectivity index (χ0) is 34.1. The van der Waals surface area contributed by atoms with Gasteiger partial charge in [0.05, 0.1) is 45.9 Å². The summed E-state index contributed by atoms with van der Waals surface area (Å²) in [5.41, 5.74) is 7.75. The number of thiazole rings is 1. The van der Waals surface area contributed by atoms with Gasteiger partial charge in [-0.2, -0.15) is 5.10 Å². The van der Waals surface area contributed by atoms with E-state index < -0.39 is 12.0 Å². The van der Waals surface area contributed by atoms with Gasteiger partial charge in [-0.05, 0) is 66.4 Å². The number of rotatable bonds is 8. The molecule has 3 heterocycles. The predicted molar refractivity (Wildman–Crippen MR) is 197 cm³/mol. The maximum atomic E-state index is 14.1. The number of fused-ring (bicyclic) bond motifs is 1. The minimum atomic E-state index is -0.655. The van der Waals surface area contributed by atoms with Gasteiger partial charge in [0, 0.05) is 26.2 Å². The van der Waals surface area contributed by atoms with E-state index in [-0.39, 0.29) is 18.2 Å². The first-order chi connectivity index (χ1) is 23.8. The number of carbonyl (C=O) groups excluding carboxylic acids is 1. The zero-order valence-electron chi connectivity index (χ0n) is 27.9. The highest BCUT2D eigenvalue weighted by Crippen LogP contribution is 2.37. The topological polar surface area (TPSA) is 79.5 Å². The number of anilines is 2. The average Bonchev–Trinajstić information content (AvgIpc) is 3.70. The third kappa shape index (κ3) is 6.25. The number of esters is 1. The molecule has 49 heavy (non-hydrogen) atoms. The van der Waals surface area contributed by atoms with Crippen molar-refractivity contribution in [3.05, 3.63) is 162 Å². The van der Waals surface area contributed by atoms with Crippen LogP contribution in [0.5, 0.6) is 0 Å². The van der Waals surface area contributed by atoms with E-state index in [1.807, 2.05) is 97.9 Å². The Hall–Kier alpha value is -5.54. The molecule has 0 saturated carbocycles. The Morgan fingerprint density at radius 3 is 2.24 bits per heavy atom. The van der Waals surface area contributed by atoms with E-state index in [0.29, 0.717) is 20.6 Å². The van der Waals surface area contributed by atoms with Gasteiger partial charge in [0.25, 0.3) is 5.56 Å². The quantitative estimate of drug-likeness (QED) is 0.184. The second kappa shape index (κ2) is 13.5. The average molecular weight is 668 g/mol. The summed E-state index contributed by atoms with van der Waals surface area (Å²) in [6.07, 6.45) is 2.68. The molecule has 7 rings (SSSR count). The first kappa shape index (κ1) is 32.0. The predicted octanol–water partition coefficient (Wildman–Crippen LogP) is 6.22. The molecule has 0 N–H and O–H groups in total. The number of aromatic nitrogens is 1. The van der Waals surface area contributed by atoms with Crippen molar-refractivity contribution >= 4 is 40.5 Å². The summed E-state index contributed by atoms with van der Waals surface area (Å²) in [5, 5.41) is 7.18. The summed E-state index contributed by atoms with van der Waals surface area (Å²) in [4.78, 5) is 34.7. The Kier molecular flexibility index (Phi) is 8.84. The minimum absolute atomic E-state index is 0.0644. The van der Waals surface area contributed by atoms with Crippen molar-refractivity contribution < 1.29 is 9.53 Å². The molecule has 2 aliphatic heterocycles. The Morgan fingerprint density at radius 2 is 1.59 bits per heavy atom. The second-order valence-electron chi connectivity index (χ2n) is 12.3. The van der Waals surface area contributed by atoms with Crippen molar-refractivity contribution in [2.24, 2.45) is 10.1 Å². The fraction of sp³-hybridized carbons (Fsp3) is 0.200. The van der Waals surface area contributed by atoms with Crippen molar-refractivity contribution in [3.8, 4) is 0 Å². The fourth-order valence-electron chi connectivity index (χ4n) is 6.42. The normalized spacial score (nSPS) is 17.4. The van der Waals surface area contributed by atoms with Crippen molar-refractivity contribution in [1.82, 2.24) is 4.57 Å². The summed E-state index contributed by atoms with van der Waals surface area (Å²) in [6.45, 7) is 3.80. The summed E-state index contributed by atoms with van der Waals surface area (Å²) >= 11 is 1.32. The van der Waals surface area contributed by atoms with Crippen LogP contribution in [-0.4, -0.2) is 37.0 Å². The molecular formula is C40H37N5O3S. The van der Waals surface area contributed by atoms with Gasteiger partial charge in [-0.3, -0.25) is 14.4 Å². The van der Waals surface area contributed by atoms with Gasteiger partial charge in [0.15, 0.2) is 4.80 Å². The molecule has 0 spiro atoms. The molecule has 0 radical (unpaired) electrons. The molecule has 0 unspecified atom stereocenters. The van der Waals surface area contributed by atoms with E-state index in [0.717, 1.165) is 40.2 Å². The number of benzene rings is 4. The van der Waals surface area contributed by atoms with Crippen molar-refractivity contribution in [2.45, 2.75) is 32.4 Å². The lowest BCUT2D eigenvalue weighted by Gasteiger charge is -2.25. The van der Waals surface area contributed by atoms with Crippen LogP contribution in [0.4, 0.5) is 11.4 Å². The Labute approximate surface area is 289 Å². The molecule has 246 valence electrons. The van der Waals surface area contributed by atoms with Crippen LogP contribution >= 0.6 is 11.3 Å². The van der Waals surface area contributed by atoms with E-state index in [9.17, 15) is 9.59 Å². The lowest BCUT2D eigenvalue weighted by Crippen LogP contribution is -2.39. The highest BCUT2D eigenvalue weighted by molar-refractivity contribution is 7.07. The first-order valence-corrected chi connectivity index (χ1v) is 17.2. The largest absolute Gasteiger partial charge is 0.463 e. The van der Waals surface area contributed by atoms with Gasteiger partial charge in [-0.1, -0.05) is 96.3 Å². The van der Waals surface area contributed by atoms with Crippen LogP contribution < -0.4 is 24.8 Å². The molecule has 4 aromatic carbocycles. The van der Waals surface area contributed by atoms with Gasteiger partial charge in [-0.15, -0.1) is 0 Å². The van der Waals surface area contributed by atoms with Crippen LogP contribution in [-0.2, 0) is 9.53 Å². The highest BCUT2D eigenvalue weighted by atomic mass is 32.1. The first-order valence-electron chi connectivity index (χ1n) is 16.4. The molecule has 1 aromatic heterocycles. The van der Waals surface area contributed by atoms with E-state index in [1.165, 1.54) is 16.9 Å². The fourth-order valence-corrected chi connectivity index (χ4v) is 7.47. The Balaban J connectivity index is 1.26. The van der Waals surface area contributed by atoms with Gasteiger partial charge in [-0.25, -0.2) is 9.79 Å². The monoisotopic (exact) mass is 667 g/mol. The molecule has 8 nitrogen and oxygen atoms in total. The van der Waals surface area contributed by atoms with Crippen LogP contribution in [0, 0.1) is 0 Å². The summed E-state index contributed by atoms with van der Waals surface area (Å²) in [7, 11) is 3.95. The van der Waals surface area contributed by atoms with Gasteiger partial charge >= 0.3 is 5.97 Å². The zero-order valence-corrected chi connectivity index (χ0v) is 28.7. The molecule has 2 aliphatic rings. The van der Waals surface area contributed by atoms with Crippen LogP contribution in [0.2, 0.25) is 0 Å². The van der Waals surface area contributed by atoms with Crippen LogP contribution in [0.3, 0.4) is 0 Å². The number of hydrazone groups is 1. The standard InChI is InChI=1S/C40H37N5O3S/c1-5-48-39(47)36-26(2)41-40-44(37(36)30-18-22-31(23-19-30)43(3)4)38(46)35(49-40)24-27-16-20-32(21-17-27)45-34(29-14-10-7-11-15-29)25-33(42-45)28-12-8-6-9-13-28/h6-24,34,37H,5,25H2,1-4H3/t34-,37-/m0/s1. The van der Waals surface area contributed by atoms with Crippen molar-refractivity contribution in [2.75, 3.05) is 30.6 Å². The lowest BCUT2D eigenvalue weighted by molar-refractivity contribution is -0.139. The number of nitrogens with zero attached hydrogens (tertiary/aromatic N) is 5. The Bertz CT molecular complexity index is 2240. The van der Waals surface area contributed by atoms with E-state index in [4.69, 9.17) is 14.8 Å². The SMILES string of the molecule is CCOC(=O)C1=C(C)N=c2sc(=Cc3ccc(N4N=C(c5ccccc5)C[C@H]4c4ccccc4)cc3)c(=O)n2[C@H]1c1ccc(N(C)C)cc1. The van der Waals surface area contributed by atoms with Crippen LogP contribution in [0.25, 0.3) is 6.08 Å². The van der Waals surface area contributed by atoms with Crippen molar-refractivity contribution in [1.29, 1.82) is 0 Å². The van der Waals surface area contributed by atoms with Gasteiger partial charge < -0.3 is 9.64 Å². The molecular weight excluding hydrogens is 631 g/mol. The van der Waals surface area contributed by atoms with E-state index in [1.54, 1.807) is 18.4 Å². The number of hydrogen-bond acceptors (Lipinski definition) is 8. The number of carbonyl (C=O) groups is 1. The summed E-state index contributed by atoms with van der Waals surface area (Å²) < 4.78 is 7.61. The third-order valence-corrected chi connectivity index (χ3v) is 9.88. The molecule has 9 heteroatoms. The van der Waals surface area contributed by atoms with Gasteiger partial charge in [0.1, 0.15) is 0 Å². The maximum Gasteiger partial charge on any atom is 0.338 e. The van der Waals surface area contributed by atoms with Crippen molar-refractivity contribution in [3.63, 3.8) is 0 Å². The minimum Gasteiger partial charge on any atom is -0.463 e. The maximum absolute atomic E-state index is 14.1. The van der Waals surface area contributed by atoms with E-state index >= 15 is 0 Å². The molecule has 0 aliphatic carbocycles. The summed E-state index contributed by atoms with van der Waals surface area (Å²) in [5.74, 6) is -0.468. The van der Waals surface area contributed by atoms with Crippen LogP contribution in [0.1, 0.15) is 54.6 Å². The number of allylic oxidation sites excluding steroid dienone is 1. The number of ether oxygens (including phenoxy) is 1. The third-order valence-electron chi connectivity index (χ3n) is 8.90. The highest BCUT2D eigenvalue weighted by Gasteiger charge is 2.33. The smallest absolute Gasteiger partial charge is 0.338 e. The molecule has 0 bridgehead atoms. The summed E-state index contributed by atoms with van der Waals surface area (Å²) in [6, 6.07) is 36.2. The van der Waals surface area contributed by atoms with Crippen LogP contribution in [0.15, 0.2) is 135 Å².